The average Bonchev–Trinajstić information content (AvgIpc) is 2.28. The zero-order valence-corrected chi connectivity index (χ0v) is 9.64. The highest BCUT2D eigenvalue weighted by Crippen LogP contribution is 2.17. The predicted octanol–water partition coefficient (Wildman–Crippen LogP) is 1.57. The summed E-state index contributed by atoms with van der Waals surface area (Å²) in [5.41, 5.74) is 0.641. The van der Waals surface area contributed by atoms with E-state index >= 15 is 0 Å². The van der Waals surface area contributed by atoms with Crippen molar-refractivity contribution in [2.75, 3.05) is 18.5 Å². The van der Waals surface area contributed by atoms with E-state index in [0.717, 1.165) is 0 Å². The number of aliphatic hydroxyl groups is 1. The molecule has 0 aliphatic carbocycles. The standard InChI is InChI=1S/C10H12F2N2O2S/c11-9(12)16-8-3-1-7(2-4-8)14-10(17)13-5-6-15/h1-4,9,15H,5-6H2,(H2,13,14,17). The Hall–Kier alpha value is -1.47. The highest BCUT2D eigenvalue weighted by Gasteiger charge is 2.03. The van der Waals surface area contributed by atoms with Crippen molar-refractivity contribution in [2.45, 2.75) is 6.61 Å². The molecule has 0 heterocycles. The van der Waals surface area contributed by atoms with E-state index < -0.39 is 6.61 Å². The van der Waals surface area contributed by atoms with Crippen LogP contribution in [0.4, 0.5) is 14.5 Å². The van der Waals surface area contributed by atoms with Crippen molar-refractivity contribution in [3.63, 3.8) is 0 Å². The van der Waals surface area contributed by atoms with Gasteiger partial charge in [0, 0.05) is 12.2 Å². The van der Waals surface area contributed by atoms with E-state index in [2.05, 4.69) is 15.4 Å². The van der Waals surface area contributed by atoms with Gasteiger partial charge in [0.15, 0.2) is 5.11 Å². The van der Waals surface area contributed by atoms with Crippen LogP contribution in [0.25, 0.3) is 0 Å². The third kappa shape index (κ3) is 5.41. The van der Waals surface area contributed by atoms with Gasteiger partial charge in [-0.1, -0.05) is 0 Å². The largest absolute Gasteiger partial charge is 0.435 e. The summed E-state index contributed by atoms with van der Waals surface area (Å²) in [7, 11) is 0. The van der Waals surface area contributed by atoms with E-state index in [1.54, 1.807) is 12.1 Å². The van der Waals surface area contributed by atoms with Crippen molar-refractivity contribution in [1.29, 1.82) is 0 Å². The van der Waals surface area contributed by atoms with Crippen molar-refractivity contribution in [1.82, 2.24) is 5.32 Å². The van der Waals surface area contributed by atoms with Gasteiger partial charge in [-0.15, -0.1) is 0 Å². The van der Waals surface area contributed by atoms with Gasteiger partial charge < -0.3 is 20.5 Å². The van der Waals surface area contributed by atoms with Gasteiger partial charge in [-0.25, -0.2) is 0 Å². The molecular weight excluding hydrogens is 250 g/mol. The van der Waals surface area contributed by atoms with Gasteiger partial charge in [-0.2, -0.15) is 8.78 Å². The summed E-state index contributed by atoms with van der Waals surface area (Å²) in [5, 5.41) is 14.5. The molecule has 1 rings (SSSR count). The lowest BCUT2D eigenvalue weighted by atomic mass is 10.3. The highest BCUT2D eigenvalue weighted by molar-refractivity contribution is 7.80. The molecular formula is C10H12F2N2O2S. The van der Waals surface area contributed by atoms with E-state index in [1.807, 2.05) is 0 Å². The summed E-state index contributed by atoms with van der Waals surface area (Å²) in [6.07, 6.45) is 0. The summed E-state index contributed by atoms with van der Waals surface area (Å²) in [5.74, 6) is 0.0831. The second-order valence-electron chi connectivity index (χ2n) is 3.01. The maximum absolute atomic E-state index is 11.9. The lowest BCUT2D eigenvalue weighted by Gasteiger charge is -2.10. The van der Waals surface area contributed by atoms with Gasteiger partial charge in [0.25, 0.3) is 0 Å². The lowest BCUT2D eigenvalue weighted by Crippen LogP contribution is -2.30. The Morgan fingerprint density at radius 3 is 2.53 bits per heavy atom. The summed E-state index contributed by atoms with van der Waals surface area (Å²) in [6.45, 7) is -2.51. The fourth-order valence-corrected chi connectivity index (χ4v) is 1.28. The van der Waals surface area contributed by atoms with Gasteiger partial charge in [-0.05, 0) is 36.5 Å². The molecule has 0 unspecified atom stereocenters. The maximum atomic E-state index is 11.9. The van der Waals surface area contributed by atoms with E-state index in [9.17, 15) is 8.78 Å². The predicted molar refractivity (Wildman–Crippen MR) is 64.4 cm³/mol. The molecule has 0 bridgehead atoms. The fourth-order valence-electron chi connectivity index (χ4n) is 1.06. The number of anilines is 1. The molecule has 0 radical (unpaired) electrons. The number of aliphatic hydroxyl groups excluding tert-OH is 1. The van der Waals surface area contributed by atoms with Crippen LogP contribution < -0.4 is 15.4 Å². The molecule has 17 heavy (non-hydrogen) atoms. The van der Waals surface area contributed by atoms with Gasteiger partial charge >= 0.3 is 6.61 Å². The number of nitrogens with one attached hydrogen (secondary N) is 2. The van der Waals surface area contributed by atoms with Gasteiger partial charge in [0.1, 0.15) is 5.75 Å². The summed E-state index contributed by atoms with van der Waals surface area (Å²) in [4.78, 5) is 0. The monoisotopic (exact) mass is 262 g/mol. The van der Waals surface area contributed by atoms with E-state index in [1.165, 1.54) is 12.1 Å². The Bertz CT molecular complexity index is 360. The van der Waals surface area contributed by atoms with Gasteiger partial charge in [-0.3, -0.25) is 0 Å². The molecule has 0 amide bonds. The van der Waals surface area contributed by atoms with Crippen LogP contribution in [0.3, 0.4) is 0 Å². The first-order valence-corrected chi connectivity index (χ1v) is 5.23. The number of alkyl halides is 2. The van der Waals surface area contributed by atoms with Gasteiger partial charge in [0.05, 0.1) is 6.61 Å². The Kier molecular flexibility index (Phi) is 5.58. The van der Waals surface area contributed by atoms with Crippen molar-refractivity contribution in [2.24, 2.45) is 0 Å². The molecule has 0 aliphatic rings. The SMILES string of the molecule is OCCNC(=S)Nc1ccc(OC(F)F)cc1. The smallest absolute Gasteiger partial charge is 0.387 e. The Morgan fingerprint density at radius 1 is 1.35 bits per heavy atom. The third-order valence-corrected chi connectivity index (χ3v) is 1.98. The zero-order valence-electron chi connectivity index (χ0n) is 8.82. The molecule has 0 aromatic heterocycles. The number of halogens is 2. The van der Waals surface area contributed by atoms with Crippen molar-refractivity contribution >= 4 is 23.0 Å². The summed E-state index contributed by atoms with van der Waals surface area (Å²) in [6, 6.07) is 5.93. The molecule has 0 atom stereocenters. The van der Waals surface area contributed by atoms with E-state index in [4.69, 9.17) is 17.3 Å². The molecule has 0 aliphatic heterocycles. The van der Waals surface area contributed by atoms with Crippen LogP contribution in [-0.4, -0.2) is 30.0 Å². The normalized spacial score (nSPS) is 10.1. The Labute approximate surface area is 103 Å². The molecule has 1 aromatic rings. The fraction of sp³-hybridized carbons (Fsp3) is 0.300. The molecule has 7 heteroatoms. The van der Waals surface area contributed by atoms with Crippen LogP contribution in [0.1, 0.15) is 0 Å². The first-order chi connectivity index (χ1) is 8.11. The second-order valence-corrected chi connectivity index (χ2v) is 3.42. The highest BCUT2D eigenvalue weighted by atomic mass is 32.1. The second kappa shape index (κ2) is 6.97. The quantitative estimate of drug-likeness (QED) is 0.703. The van der Waals surface area contributed by atoms with Crippen molar-refractivity contribution in [3.8, 4) is 5.75 Å². The molecule has 1 aromatic carbocycles. The van der Waals surface area contributed by atoms with Crippen molar-refractivity contribution < 1.29 is 18.6 Å². The third-order valence-electron chi connectivity index (χ3n) is 1.73. The first kappa shape index (κ1) is 13.6. The van der Waals surface area contributed by atoms with Crippen LogP contribution in [0.15, 0.2) is 24.3 Å². The molecule has 0 fully saturated rings. The van der Waals surface area contributed by atoms with Crippen LogP contribution in [-0.2, 0) is 0 Å². The van der Waals surface area contributed by atoms with Crippen LogP contribution in [0.5, 0.6) is 5.75 Å². The zero-order chi connectivity index (χ0) is 12.7. The number of benzene rings is 1. The molecule has 0 saturated heterocycles. The Balaban J connectivity index is 2.47. The minimum atomic E-state index is -2.83. The van der Waals surface area contributed by atoms with Crippen LogP contribution in [0, 0.1) is 0 Å². The summed E-state index contributed by atoms with van der Waals surface area (Å²) < 4.78 is 28.0. The molecule has 0 saturated carbocycles. The van der Waals surface area contributed by atoms with E-state index in [-0.39, 0.29) is 12.4 Å². The number of rotatable bonds is 5. The average molecular weight is 262 g/mol. The maximum Gasteiger partial charge on any atom is 0.387 e. The number of hydrogen-bond acceptors (Lipinski definition) is 3. The van der Waals surface area contributed by atoms with Crippen molar-refractivity contribution in [3.05, 3.63) is 24.3 Å². The topological polar surface area (TPSA) is 53.5 Å². The first-order valence-electron chi connectivity index (χ1n) is 4.82. The summed E-state index contributed by atoms with van der Waals surface area (Å²) >= 11 is 4.92. The number of thiocarbonyl (C=S) groups is 1. The number of ether oxygens (including phenoxy) is 1. The molecule has 0 spiro atoms. The lowest BCUT2D eigenvalue weighted by molar-refractivity contribution is -0.0498. The van der Waals surface area contributed by atoms with Gasteiger partial charge in [0.2, 0.25) is 0 Å². The molecule has 3 N–H and O–H groups in total. The minimum Gasteiger partial charge on any atom is -0.435 e. The van der Waals surface area contributed by atoms with E-state index in [0.29, 0.717) is 17.3 Å². The Morgan fingerprint density at radius 2 is 2.00 bits per heavy atom. The van der Waals surface area contributed by atoms with Crippen LogP contribution in [0.2, 0.25) is 0 Å². The number of hydrogen-bond donors (Lipinski definition) is 3. The van der Waals surface area contributed by atoms with Crippen LogP contribution >= 0.6 is 12.2 Å². The molecule has 94 valence electrons. The molecule has 4 nitrogen and oxygen atoms in total. The minimum absolute atomic E-state index is 0.0248.